The van der Waals surface area contributed by atoms with Crippen LogP contribution in [0.2, 0.25) is 0 Å². The van der Waals surface area contributed by atoms with Crippen molar-refractivity contribution < 1.29 is 14.8 Å². The molecule has 0 amide bonds. The first-order valence-corrected chi connectivity index (χ1v) is 6.35. The molecule has 0 aliphatic carbocycles. The summed E-state index contributed by atoms with van der Waals surface area (Å²) in [6.45, 7) is 4.35. The Bertz CT molecular complexity index is 421. The van der Waals surface area contributed by atoms with Gasteiger partial charge in [0.05, 0.1) is 11.0 Å². The Morgan fingerprint density at radius 1 is 1.42 bits per heavy atom. The zero-order valence-electron chi connectivity index (χ0n) is 11.3. The summed E-state index contributed by atoms with van der Waals surface area (Å²) in [6, 6.07) is 4.97. The molecule has 106 valence electrons. The first kappa shape index (κ1) is 15.2. The molecule has 1 rings (SSSR count). The molecule has 0 atom stereocenters. The molecule has 0 aliphatic rings. The minimum Gasteiger partial charge on any atom is -0.484 e. The van der Waals surface area contributed by atoms with Crippen molar-refractivity contribution in [2.24, 2.45) is 0 Å². The summed E-state index contributed by atoms with van der Waals surface area (Å²) in [4.78, 5) is 10.7. The molecule has 0 radical (unpaired) electrons. The number of nitrogens with zero attached hydrogens (tertiary/aromatic N) is 1. The van der Waals surface area contributed by atoms with Crippen molar-refractivity contribution in [2.75, 3.05) is 18.5 Å². The van der Waals surface area contributed by atoms with Gasteiger partial charge in [-0.1, -0.05) is 6.07 Å². The summed E-state index contributed by atoms with van der Waals surface area (Å²) < 4.78 is 5.45. The van der Waals surface area contributed by atoms with Crippen LogP contribution in [0.15, 0.2) is 18.2 Å². The number of ether oxygens (including phenoxy) is 1. The Kier molecular flexibility index (Phi) is 6.08. The molecule has 6 nitrogen and oxygen atoms in total. The maximum absolute atomic E-state index is 11.2. The number of para-hydroxylation sites is 1. The summed E-state index contributed by atoms with van der Waals surface area (Å²) in [7, 11) is 0. The number of unbranched alkanes of at least 4 members (excludes halogenated alkanes) is 1. The van der Waals surface area contributed by atoms with E-state index in [4.69, 9.17) is 9.84 Å². The molecule has 1 aromatic rings. The van der Waals surface area contributed by atoms with E-state index in [1.54, 1.807) is 18.2 Å². The van der Waals surface area contributed by atoms with Crippen molar-refractivity contribution in [1.82, 2.24) is 0 Å². The molecule has 1 aromatic carbocycles. The number of benzene rings is 1. The average molecular weight is 268 g/mol. The number of nitrogens with one attached hydrogen (secondary N) is 1. The van der Waals surface area contributed by atoms with E-state index in [2.05, 4.69) is 5.32 Å². The molecule has 0 heterocycles. The summed E-state index contributed by atoms with van der Waals surface area (Å²) in [6.07, 6.45) is 1.30. The van der Waals surface area contributed by atoms with Gasteiger partial charge in [0.1, 0.15) is 5.69 Å². The van der Waals surface area contributed by atoms with Crippen LogP contribution >= 0.6 is 0 Å². The molecule has 0 bridgehead atoms. The van der Waals surface area contributed by atoms with Gasteiger partial charge < -0.3 is 15.2 Å². The molecule has 2 N–H and O–H groups in total. The molecule has 0 aromatic heterocycles. The van der Waals surface area contributed by atoms with Gasteiger partial charge in [-0.05, 0) is 38.8 Å². The van der Waals surface area contributed by atoms with Crippen LogP contribution in [0.3, 0.4) is 0 Å². The van der Waals surface area contributed by atoms with Gasteiger partial charge >= 0.3 is 5.69 Å². The highest BCUT2D eigenvalue weighted by Crippen LogP contribution is 2.35. The fourth-order valence-corrected chi connectivity index (χ4v) is 1.66. The van der Waals surface area contributed by atoms with E-state index in [9.17, 15) is 10.1 Å². The summed E-state index contributed by atoms with van der Waals surface area (Å²) in [5.41, 5.74) is 0.404. The third-order valence-corrected chi connectivity index (χ3v) is 2.44. The van der Waals surface area contributed by atoms with Gasteiger partial charge in [0.15, 0.2) is 5.75 Å². The smallest absolute Gasteiger partial charge is 0.333 e. The number of aliphatic hydroxyl groups excluding tert-OH is 1. The minimum atomic E-state index is -0.438. The lowest BCUT2D eigenvalue weighted by molar-refractivity contribution is -0.385. The van der Waals surface area contributed by atoms with E-state index >= 15 is 0 Å². The van der Waals surface area contributed by atoms with Gasteiger partial charge in [-0.2, -0.15) is 0 Å². The normalized spacial score (nSPS) is 10.5. The van der Waals surface area contributed by atoms with Crippen LogP contribution in [0.1, 0.15) is 26.7 Å². The van der Waals surface area contributed by atoms with Crippen molar-refractivity contribution in [3.05, 3.63) is 28.3 Å². The standard InChI is InChI=1S/C13H20N2O4/c1-10(2)19-12-7-5-6-11(13(12)15(17)18)14-8-3-4-9-16/h5-7,10,14,16H,3-4,8-9H2,1-2H3. The van der Waals surface area contributed by atoms with Crippen molar-refractivity contribution in [1.29, 1.82) is 0 Å². The number of hydrogen-bond donors (Lipinski definition) is 2. The predicted molar refractivity (Wildman–Crippen MR) is 73.7 cm³/mol. The van der Waals surface area contributed by atoms with Crippen LogP contribution < -0.4 is 10.1 Å². The van der Waals surface area contributed by atoms with Gasteiger partial charge in [-0.25, -0.2) is 0 Å². The third kappa shape index (κ3) is 4.75. The van der Waals surface area contributed by atoms with E-state index in [1.807, 2.05) is 13.8 Å². The Morgan fingerprint density at radius 2 is 2.16 bits per heavy atom. The summed E-state index contributed by atoms with van der Waals surface area (Å²) >= 11 is 0. The van der Waals surface area contributed by atoms with E-state index in [0.717, 1.165) is 6.42 Å². The van der Waals surface area contributed by atoms with E-state index in [-0.39, 0.29) is 24.1 Å². The number of rotatable bonds is 8. The topological polar surface area (TPSA) is 84.6 Å². The van der Waals surface area contributed by atoms with Gasteiger partial charge in [0, 0.05) is 13.2 Å². The lowest BCUT2D eigenvalue weighted by Crippen LogP contribution is -2.10. The van der Waals surface area contributed by atoms with E-state index < -0.39 is 4.92 Å². The molecular formula is C13H20N2O4. The van der Waals surface area contributed by atoms with Crippen LogP contribution in [-0.4, -0.2) is 29.3 Å². The lowest BCUT2D eigenvalue weighted by Gasteiger charge is -2.13. The Hall–Kier alpha value is -1.82. The minimum absolute atomic E-state index is 0.0415. The monoisotopic (exact) mass is 268 g/mol. The maximum Gasteiger partial charge on any atom is 0.333 e. The molecule has 0 fully saturated rings. The van der Waals surface area contributed by atoms with Crippen molar-refractivity contribution in [3.8, 4) is 5.75 Å². The van der Waals surface area contributed by atoms with Gasteiger partial charge in [-0.3, -0.25) is 10.1 Å². The van der Waals surface area contributed by atoms with Gasteiger partial charge in [0.2, 0.25) is 0 Å². The molecule has 6 heteroatoms. The summed E-state index contributed by atoms with van der Waals surface area (Å²) in [5.74, 6) is 0.271. The van der Waals surface area contributed by atoms with E-state index in [0.29, 0.717) is 18.7 Å². The Balaban J connectivity index is 2.87. The molecule has 0 unspecified atom stereocenters. The second-order valence-corrected chi connectivity index (χ2v) is 4.43. The van der Waals surface area contributed by atoms with Crippen LogP contribution in [0, 0.1) is 10.1 Å². The molecule has 0 saturated heterocycles. The van der Waals surface area contributed by atoms with Crippen molar-refractivity contribution in [2.45, 2.75) is 32.8 Å². The molecule has 19 heavy (non-hydrogen) atoms. The highest BCUT2D eigenvalue weighted by molar-refractivity contribution is 5.68. The van der Waals surface area contributed by atoms with Gasteiger partial charge in [-0.15, -0.1) is 0 Å². The highest BCUT2D eigenvalue weighted by Gasteiger charge is 2.21. The molecule has 0 saturated carbocycles. The van der Waals surface area contributed by atoms with Gasteiger partial charge in [0.25, 0.3) is 0 Å². The van der Waals surface area contributed by atoms with Crippen LogP contribution in [0.25, 0.3) is 0 Å². The maximum atomic E-state index is 11.2. The zero-order valence-corrected chi connectivity index (χ0v) is 11.3. The third-order valence-electron chi connectivity index (χ3n) is 2.44. The van der Waals surface area contributed by atoms with Crippen LogP contribution in [0.4, 0.5) is 11.4 Å². The predicted octanol–water partition coefficient (Wildman–Crippen LogP) is 2.57. The SMILES string of the molecule is CC(C)Oc1cccc(NCCCCO)c1[N+](=O)[O-]. The fourth-order valence-electron chi connectivity index (χ4n) is 1.66. The molecule has 0 spiro atoms. The second kappa shape index (κ2) is 7.58. The first-order chi connectivity index (χ1) is 9.06. The van der Waals surface area contributed by atoms with E-state index in [1.165, 1.54) is 0 Å². The molecule has 0 aliphatic heterocycles. The van der Waals surface area contributed by atoms with Crippen LogP contribution in [-0.2, 0) is 0 Å². The number of nitro groups is 1. The molecular weight excluding hydrogens is 248 g/mol. The average Bonchev–Trinajstić information content (AvgIpc) is 2.33. The second-order valence-electron chi connectivity index (χ2n) is 4.43. The lowest BCUT2D eigenvalue weighted by atomic mass is 10.2. The summed E-state index contributed by atoms with van der Waals surface area (Å²) in [5, 5.41) is 22.9. The number of aliphatic hydroxyl groups is 1. The van der Waals surface area contributed by atoms with Crippen LogP contribution in [0.5, 0.6) is 5.75 Å². The largest absolute Gasteiger partial charge is 0.484 e. The highest BCUT2D eigenvalue weighted by atomic mass is 16.6. The first-order valence-electron chi connectivity index (χ1n) is 6.35. The Morgan fingerprint density at radius 3 is 2.74 bits per heavy atom. The fraction of sp³-hybridized carbons (Fsp3) is 0.538. The van der Waals surface area contributed by atoms with Crippen molar-refractivity contribution >= 4 is 11.4 Å². The number of anilines is 1. The van der Waals surface area contributed by atoms with Crippen molar-refractivity contribution in [3.63, 3.8) is 0 Å². The number of nitro benzene ring substituents is 1. The zero-order chi connectivity index (χ0) is 14.3. The number of hydrogen-bond acceptors (Lipinski definition) is 5. The Labute approximate surface area is 112 Å². The quantitative estimate of drug-likeness (QED) is 0.430.